The average molecular weight is 301 g/mol. The van der Waals surface area contributed by atoms with Crippen molar-refractivity contribution in [1.82, 2.24) is 4.90 Å². The summed E-state index contributed by atoms with van der Waals surface area (Å²) in [5, 5.41) is 9.97. The maximum absolute atomic E-state index is 13.0. The predicted molar refractivity (Wildman–Crippen MR) is 88.0 cm³/mol. The van der Waals surface area contributed by atoms with Gasteiger partial charge in [0.05, 0.1) is 6.10 Å². The molecule has 2 nitrogen and oxygen atoms in total. The second kappa shape index (κ2) is 8.06. The third-order valence-corrected chi connectivity index (χ3v) is 3.79. The molecule has 0 aliphatic rings. The summed E-state index contributed by atoms with van der Waals surface area (Å²) >= 11 is 0. The summed E-state index contributed by atoms with van der Waals surface area (Å²) in [4.78, 5) is 2.20. The average Bonchev–Trinajstić information content (AvgIpc) is 2.51. The number of aliphatic hydroxyl groups is 1. The standard InChI is InChI=1S/C19H24FNO/c1-3-19(22)14-21(12-16-6-4-15(2)5-7-16)13-17-8-10-18(20)11-9-17/h4-11,19,22H,3,12-14H2,1-2H3/t19-/m0/s1. The summed E-state index contributed by atoms with van der Waals surface area (Å²) in [6, 6.07) is 15.0. The molecular formula is C19H24FNO. The highest BCUT2D eigenvalue weighted by atomic mass is 19.1. The van der Waals surface area contributed by atoms with Crippen LogP contribution >= 0.6 is 0 Å². The third kappa shape index (κ3) is 5.24. The first-order valence-electron chi connectivity index (χ1n) is 7.77. The van der Waals surface area contributed by atoms with Gasteiger partial charge in [-0.25, -0.2) is 4.39 Å². The Balaban J connectivity index is 2.07. The number of hydrogen-bond donors (Lipinski definition) is 1. The SMILES string of the molecule is CC[C@H](O)CN(Cc1ccc(C)cc1)Cc1ccc(F)cc1. The van der Waals surface area contributed by atoms with Crippen molar-refractivity contribution in [1.29, 1.82) is 0 Å². The van der Waals surface area contributed by atoms with Crippen LogP contribution < -0.4 is 0 Å². The summed E-state index contributed by atoms with van der Waals surface area (Å²) in [5.74, 6) is -0.220. The van der Waals surface area contributed by atoms with E-state index in [0.717, 1.165) is 18.5 Å². The Labute approximate surface area is 132 Å². The Kier molecular flexibility index (Phi) is 6.10. The Hall–Kier alpha value is -1.71. The molecule has 0 aromatic heterocycles. The molecule has 1 N–H and O–H groups in total. The monoisotopic (exact) mass is 301 g/mol. The van der Waals surface area contributed by atoms with Gasteiger partial charge in [-0.1, -0.05) is 48.9 Å². The lowest BCUT2D eigenvalue weighted by atomic mass is 10.1. The minimum Gasteiger partial charge on any atom is -0.392 e. The van der Waals surface area contributed by atoms with E-state index < -0.39 is 0 Å². The van der Waals surface area contributed by atoms with Crippen molar-refractivity contribution in [2.24, 2.45) is 0 Å². The Morgan fingerprint density at radius 1 is 0.955 bits per heavy atom. The van der Waals surface area contributed by atoms with E-state index in [-0.39, 0.29) is 11.9 Å². The van der Waals surface area contributed by atoms with Gasteiger partial charge in [0.15, 0.2) is 0 Å². The van der Waals surface area contributed by atoms with Gasteiger partial charge < -0.3 is 5.11 Å². The normalized spacial score (nSPS) is 12.6. The molecule has 2 rings (SSSR count). The van der Waals surface area contributed by atoms with Gasteiger partial charge >= 0.3 is 0 Å². The van der Waals surface area contributed by atoms with Crippen LogP contribution in [0, 0.1) is 12.7 Å². The van der Waals surface area contributed by atoms with Crippen LogP contribution in [-0.4, -0.2) is 22.7 Å². The van der Waals surface area contributed by atoms with Gasteiger partial charge in [-0.2, -0.15) is 0 Å². The van der Waals surface area contributed by atoms with E-state index in [2.05, 4.69) is 36.1 Å². The van der Waals surface area contributed by atoms with Crippen LogP contribution in [0.25, 0.3) is 0 Å². The lowest BCUT2D eigenvalue weighted by molar-refractivity contribution is 0.101. The molecule has 0 aliphatic heterocycles. The highest BCUT2D eigenvalue weighted by molar-refractivity contribution is 5.22. The van der Waals surface area contributed by atoms with E-state index in [1.54, 1.807) is 12.1 Å². The summed E-state index contributed by atoms with van der Waals surface area (Å²) in [6.07, 6.45) is 0.388. The fraction of sp³-hybridized carbons (Fsp3) is 0.368. The Bertz CT molecular complexity index is 517. The number of nitrogens with zero attached hydrogens (tertiary/aromatic N) is 1. The molecule has 0 saturated heterocycles. The van der Waals surface area contributed by atoms with E-state index in [1.807, 2.05) is 6.92 Å². The van der Waals surface area contributed by atoms with Gasteiger partial charge in [0.1, 0.15) is 5.82 Å². The fourth-order valence-corrected chi connectivity index (χ4v) is 2.41. The lowest BCUT2D eigenvalue weighted by Crippen LogP contribution is -2.31. The highest BCUT2D eigenvalue weighted by Gasteiger charge is 2.12. The van der Waals surface area contributed by atoms with Gasteiger partial charge in [0, 0.05) is 19.6 Å². The van der Waals surface area contributed by atoms with Gasteiger partial charge in [0.25, 0.3) is 0 Å². The zero-order valence-corrected chi connectivity index (χ0v) is 13.3. The predicted octanol–water partition coefficient (Wildman–Crippen LogP) is 3.91. The van der Waals surface area contributed by atoms with Crippen molar-refractivity contribution >= 4 is 0 Å². The number of aliphatic hydroxyl groups excluding tert-OH is 1. The molecular weight excluding hydrogens is 277 g/mol. The molecule has 0 aliphatic carbocycles. The van der Waals surface area contributed by atoms with E-state index >= 15 is 0 Å². The van der Waals surface area contributed by atoms with Crippen molar-refractivity contribution in [2.75, 3.05) is 6.54 Å². The first kappa shape index (κ1) is 16.7. The number of benzene rings is 2. The molecule has 0 heterocycles. The zero-order chi connectivity index (χ0) is 15.9. The van der Waals surface area contributed by atoms with Crippen LogP contribution in [0.5, 0.6) is 0 Å². The molecule has 1 atom stereocenters. The number of hydrogen-bond acceptors (Lipinski definition) is 2. The Morgan fingerprint density at radius 2 is 1.45 bits per heavy atom. The van der Waals surface area contributed by atoms with Crippen molar-refractivity contribution in [3.63, 3.8) is 0 Å². The smallest absolute Gasteiger partial charge is 0.123 e. The van der Waals surface area contributed by atoms with Gasteiger partial charge in [0.2, 0.25) is 0 Å². The molecule has 3 heteroatoms. The minimum absolute atomic E-state index is 0.220. The van der Waals surface area contributed by atoms with Crippen LogP contribution in [0.3, 0.4) is 0 Å². The topological polar surface area (TPSA) is 23.5 Å². The van der Waals surface area contributed by atoms with Gasteiger partial charge in [-0.05, 0) is 36.6 Å². The first-order chi connectivity index (χ1) is 10.6. The van der Waals surface area contributed by atoms with Crippen molar-refractivity contribution < 1.29 is 9.50 Å². The van der Waals surface area contributed by atoms with Crippen LogP contribution in [-0.2, 0) is 13.1 Å². The summed E-state index contributed by atoms with van der Waals surface area (Å²) < 4.78 is 13.0. The lowest BCUT2D eigenvalue weighted by Gasteiger charge is -2.25. The molecule has 0 saturated carbocycles. The van der Waals surface area contributed by atoms with E-state index in [1.165, 1.54) is 23.3 Å². The molecule has 118 valence electrons. The third-order valence-electron chi connectivity index (χ3n) is 3.79. The van der Waals surface area contributed by atoms with E-state index in [9.17, 15) is 9.50 Å². The van der Waals surface area contributed by atoms with E-state index in [0.29, 0.717) is 13.1 Å². The molecule has 0 unspecified atom stereocenters. The number of halogens is 1. The van der Waals surface area contributed by atoms with Crippen LogP contribution in [0.2, 0.25) is 0 Å². The molecule has 0 spiro atoms. The molecule has 2 aromatic rings. The maximum atomic E-state index is 13.0. The van der Waals surface area contributed by atoms with Crippen LogP contribution in [0.1, 0.15) is 30.0 Å². The fourth-order valence-electron chi connectivity index (χ4n) is 2.41. The second-order valence-corrected chi connectivity index (χ2v) is 5.84. The largest absolute Gasteiger partial charge is 0.392 e. The van der Waals surface area contributed by atoms with Crippen molar-refractivity contribution in [2.45, 2.75) is 39.5 Å². The molecule has 0 amide bonds. The molecule has 22 heavy (non-hydrogen) atoms. The summed E-state index contributed by atoms with van der Waals surface area (Å²) in [6.45, 7) is 6.13. The minimum atomic E-state index is -0.342. The van der Waals surface area contributed by atoms with E-state index in [4.69, 9.17) is 0 Å². The second-order valence-electron chi connectivity index (χ2n) is 5.84. The molecule has 2 aromatic carbocycles. The zero-order valence-electron chi connectivity index (χ0n) is 13.3. The highest BCUT2D eigenvalue weighted by Crippen LogP contribution is 2.13. The molecule has 0 bridgehead atoms. The quantitative estimate of drug-likeness (QED) is 0.838. The maximum Gasteiger partial charge on any atom is 0.123 e. The first-order valence-corrected chi connectivity index (χ1v) is 7.77. The van der Waals surface area contributed by atoms with Crippen molar-refractivity contribution in [3.8, 4) is 0 Å². The van der Waals surface area contributed by atoms with Crippen LogP contribution in [0.15, 0.2) is 48.5 Å². The number of rotatable bonds is 7. The molecule has 0 radical (unpaired) electrons. The Morgan fingerprint density at radius 3 is 1.95 bits per heavy atom. The summed E-state index contributed by atoms with van der Waals surface area (Å²) in [5.41, 5.74) is 3.51. The van der Waals surface area contributed by atoms with Gasteiger partial charge in [-0.15, -0.1) is 0 Å². The number of aryl methyl sites for hydroxylation is 1. The summed E-state index contributed by atoms with van der Waals surface area (Å²) in [7, 11) is 0. The van der Waals surface area contributed by atoms with Gasteiger partial charge in [-0.3, -0.25) is 4.90 Å². The van der Waals surface area contributed by atoms with Crippen LogP contribution in [0.4, 0.5) is 4.39 Å². The van der Waals surface area contributed by atoms with Crippen molar-refractivity contribution in [3.05, 3.63) is 71.0 Å². The molecule has 0 fully saturated rings.